The Hall–Kier alpha value is -3.09. The average molecular weight is 491 g/mol. The van der Waals surface area contributed by atoms with Crippen molar-refractivity contribution in [2.24, 2.45) is 11.8 Å². The molecule has 1 spiro atoms. The zero-order valence-electron chi connectivity index (χ0n) is 21.8. The fourth-order valence-corrected chi connectivity index (χ4v) is 6.80. The Kier molecular flexibility index (Phi) is 6.43. The van der Waals surface area contributed by atoms with Crippen LogP contribution in [0.5, 0.6) is 0 Å². The van der Waals surface area contributed by atoms with E-state index >= 15 is 0 Å². The summed E-state index contributed by atoms with van der Waals surface area (Å²) in [6.07, 6.45) is 2.99. The minimum absolute atomic E-state index is 0.0123. The van der Waals surface area contributed by atoms with Crippen molar-refractivity contribution in [3.8, 4) is 0 Å². The van der Waals surface area contributed by atoms with Crippen LogP contribution in [0.4, 0.5) is 4.79 Å². The van der Waals surface area contributed by atoms with Gasteiger partial charge in [-0.15, -0.1) is 0 Å². The molecule has 0 unspecified atom stereocenters. The number of benzene rings is 2. The number of nitrogens with one attached hydrogen (secondary N) is 2. The van der Waals surface area contributed by atoms with Gasteiger partial charge in [0.25, 0.3) is 0 Å². The second-order valence-corrected chi connectivity index (χ2v) is 11.4. The number of urea groups is 1. The molecule has 3 heterocycles. The van der Waals surface area contributed by atoms with Gasteiger partial charge in [0.2, 0.25) is 11.8 Å². The quantitative estimate of drug-likeness (QED) is 0.614. The molecule has 0 radical (unpaired) electrons. The number of carbonyl (C=O) groups is 3. The smallest absolute Gasteiger partial charge is 0.318 e. The normalized spacial score (nSPS) is 26.8. The summed E-state index contributed by atoms with van der Waals surface area (Å²) in [5, 5.41) is 8.44. The lowest BCUT2D eigenvalue weighted by molar-refractivity contribution is -0.137. The highest BCUT2D eigenvalue weighted by atomic mass is 16.2. The van der Waals surface area contributed by atoms with E-state index in [1.54, 1.807) is 4.90 Å². The lowest BCUT2D eigenvalue weighted by Gasteiger charge is -2.40. The van der Waals surface area contributed by atoms with Crippen LogP contribution in [0.15, 0.2) is 42.5 Å². The van der Waals surface area contributed by atoms with E-state index in [4.69, 9.17) is 0 Å². The van der Waals surface area contributed by atoms with Gasteiger partial charge in [-0.1, -0.05) is 56.3 Å². The first kappa shape index (κ1) is 24.6. The molecule has 0 saturated carbocycles. The van der Waals surface area contributed by atoms with E-state index in [-0.39, 0.29) is 35.8 Å². The van der Waals surface area contributed by atoms with Crippen molar-refractivity contribution in [2.45, 2.75) is 83.6 Å². The van der Waals surface area contributed by atoms with E-state index < -0.39 is 11.6 Å². The predicted molar refractivity (Wildman–Crippen MR) is 140 cm³/mol. The summed E-state index contributed by atoms with van der Waals surface area (Å²) < 4.78 is 0. The van der Waals surface area contributed by atoms with Gasteiger partial charge in [0, 0.05) is 25.2 Å². The Bertz CT molecular complexity index is 1170. The number of likely N-dealkylation sites (tertiary alicyclic amines) is 1. The zero-order chi connectivity index (χ0) is 25.6. The van der Waals surface area contributed by atoms with Gasteiger partial charge in [-0.2, -0.15) is 0 Å². The minimum atomic E-state index is -0.777. The van der Waals surface area contributed by atoms with Gasteiger partial charge in [0.05, 0.1) is 11.5 Å². The van der Waals surface area contributed by atoms with Crippen molar-refractivity contribution in [2.75, 3.05) is 6.54 Å². The molecule has 2 N–H and O–H groups in total. The van der Waals surface area contributed by atoms with E-state index in [2.05, 4.69) is 42.7 Å². The molecule has 192 valence electrons. The maximum atomic E-state index is 14.0. The molecule has 3 fully saturated rings. The number of fused-ring (bicyclic) bond motifs is 2. The first-order chi connectivity index (χ1) is 17.2. The molecule has 7 nitrogen and oxygen atoms in total. The number of hydrogen-bond acceptors (Lipinski definition) is 3. The van der Waals surface area contributed by atoms with Crippen molar-refractivity contribution >= 4 is 28.6 Å². The number of nitrogens with zero attached hydrogens (tertiary/aromatic N) is 2. The van der Waals surface area contributed by atoms with Crippen molar-refractivity contribution in [3.05, 3.63) is 48.0 Å². The molecule has 0 aromatic heterocycles. The molecule has 2 bridgehead atoms. The minimum Gasteiger partial charge on any atom is -0.350 e. The highest BCUT2D eigenvalue weighted by Gasteiger charge is 2.72. The first-order valence-electron chi connectivity index (χ1n) is 13.4. The van der Waals surface area contributed by atoms with Crippen LogP contribution < -0.4 is 10.6 Å². The summed E-state index contributed by atoms with van der Waals surface area (Å²) in [7, 11) is 0. The van der Waals surface area contributed by atoms with Gasteiger partial charge in [0.15, 0.2) is 0 Å². The lowest BCUT2D eigenvalue weighted by Crippen LogP contribution is -2.63. The molecule has 3 aliphatic heterocycles. The highest BCUT2D eigenvalue weighted by Crippen LogP contribution is 2.57. The van der Waals surface area contributed by atoms with Crippen molar-refractivity contribution in [1.29, 1.82) is 0 Å². The monoisotopic (exact) mass is 490 g/mol. The third-order valence-electron chi connectivity index (χ3n) is 8.33. The van der Waals surface area contributed by atoms with Crippen LogP contribution in [-0.2, 0) is 16.1 Å². The SMILES string of the molecule is CC(C)CCN1C(=O)[C@H]2C[C@@H]3CC[C@@]2([C@@H]1C(=O)NCc1cccc2ccccc12)N3C(=O)NC(C)C. The van der Waals surface area contributed by atoms with Crippen LogP contribution in [0.1, 0.15) is 58.9 Å². The Morgan fingerprint density at radius 2 is 1.83 bits per heavy atom. The maximum absolute atomic E-state index is 14.0. The van der Waals surface area contributed by atoms with E-state index in [0.717, 1.165) is 29.2 Å². The van der Waals surface area contributed by atoms with E-state index in [0.29, 0.717) is 31.8 Å². The van der Waals surface area contributed by atoms with Gasteiger partial charge in [-0.05, 0) is 61.8 Å². The molecule has 7 heteroatoms. The molecule has 2 aromatic rings. The number of amides is 4. The standard InChI is InChI=1S/C29H38N4O3/c1-18(2)13-15-32-25(26(34)30-17-21-10-7-9-20-8-5-6-11-23(20)21)29-14-12-22(16-24(29)27(32)35)33(29)28(36)31-19(3)4/h5-11,18-19,22,24-25H,12-17H2,1-4H3,(H,30,34)(H,31,36)/t22-,24+,25-,29+/m0/s1. The van der Waals surface area contributed by atoms with Crippen LogP contribution in [0.3, 0.4) is 0 Å². The van der Waals surface area contributed by atoms with E-state index in [1.807, 2.05) is 43.0 Å². The Morgan fingerprint density at radius 1 is 1.08 bits per heavy atom. The summed E-state index contributed by atoms with van der Waals surface area (Å²) in [6, 6.07) is 13.4. The fraction of sp³-hybridized carbons (Fsp3) is 0.552. The molecule has 5 rings (SSSR count). The summed E-state index contributed by atoms with van der Waals surface area (Å²) in [5.41, 5.74) is 0.263. The van der Waals surface area contributed by atoms with Crippen LogP contribution in [0, 0.1) is 11.8 Å². The zero-order valence-corrected chi connectivity index (χ0v) is 21.8. The van der Waals surface area contributed by atoms with Crippen molar-refractivity contribution in [3.63, 3.8) is 0 Å². The molecule has 4 amide bonds. The van der Waals surface area contributed by atoms with Crippen molar-refractivity contribution in [1.82, 2.24) is 20.4 Å². The number of rotatable bonds is 7. The molecular formula is C29H38N4O3. The third-order valence-corrected chi connectivity index (χ3v) is 8.33. The Labute approximate surface area is 213 Å². The van der Waals surface area contributed by atoms with E-state index in [1.165, 1.54) is 0 Å². The van der Waals surface area contributed by atoms with Crippen LogP contribution >= 0.6 is 0 Å². The van der Waals surface area contributed by atoms with Gasteiger partial charge in [-0.3, -0.25) is 9.59 Å². The van der Waals surface area contributed by atoms with Crippen molar-refractivity contribution < 1.29 is 14.4 Å². The first-order valence-corrected chi connectivity index (χ1v) is 13.4. The lowest BCUT2D eigenvalue weighted by atomic mass is 9.75. The third kappa shape index (κ3) is 3.93. The van der Waals surface area contributed by atoms with Gasteiger partial charge in [-0.25, -0.2) is 4.79 Å². The van der Waals surface area contributed by atoms with Gasteiger partial charge in [0.1, 0.15) is 6.04 Å². The number of hydrogen-bond donors (Lipinski definition) is 2. The van der Waals surface area contributed by atoms with Crippen LogP contribution in [0.2, 0.25) is 0 Å². The molecular weight excluding hydrogens is 452 g/mol. The maximum Gasteiger partial charge on any atom is 0.318 e. The molecule has 4 atom stereocenters. The molecule has 36 heavy (non-hydrogen) atoms. The molecule has 3 aliphatic rings. The largest absolute Gasteiger partial charge is 0.350 e. The summed E-state index contributed by atoms with van der Waals surface area (Å²) in [5.74, 6) is -0.0284. The number of carbonyl (C=O) groups excluding carboxylic acids is 3. The Morgan fingerprint density at radius 3 is 2.58 bits per heavy atom. The summed E-state index contributed by atoms with van der Waals surface area (Å²) in [6.45, 7) is 9.05. The molecule has 0 aliphatic carbocycles. The summed E-state index contributed by atoms with van der Waals surface area (Å²) >= 11 is 0. The van der Waals surface area contributed by atoms with Gasteiger partial charge < -0.3 is 20.4 Å². The van der Waals surface area contributed by atoms with Gasteiger partial charge >= 0.3 is 6.03 Å². The van der Waals surface area contributed by atoms with E-state index in [9.17, 15) is 14.4 Å². The molecule has 3 saturated heterocycles. The average Bonchev–Trinajstić information content (AvgIpc) is 3.45. The Balaban J connectivity index is 1.47. The second kappa shape index (κ2) is 9.41. The summed E-state index contributed by atoms with van der Waals surface area (Å²) in [4.78, 5) is 44.8. The van der Waals surface area contributed by atoms with Crippen LogP contribution in [-0.4, -0.2) is 57.9 Å². The van der Waals surface area contributed by atoms with Crippen LogP contribution in [0.25, 0.3) is 10.8 Å². The highest BCUT2D eigenvalue weighted by molar-refractivity contribution is 5.98. The topological polar surface area (TPSA) is 81.8 Å². The molecule has 2 aromatic carbocycles. The predicted octanol–water partition coefficient (Wildman–Crippen LogP) is 4.05. The second-order valence-electron chi connectivity index (χ2n) is 11.4. The fourth-order valence-electron chi connectivity index (χ4n) is 6.80.